The number of ether oxygens (including phenoxy) is 4. The lowest BCUT2D eigenvalue weighted by Gasteiger charge is -2.69. The predicted octanol–water partition coefficient (Wildman–Crippen LogP) is 4.33. The molecule has 1 spiro atoms. The molecule has 6 rings (SSSR count). The Hall–Kier alpha value is -2.68. The summed E-state index contributed by atoms with van der Waals surface area (Å²) in [6.07, 6.45) is 2.44. The van der Waals surface area contributed by atoms with Gasteiger partial charge in [0, 0.05) is 48.5 Å². The number of Topliss-reactive ketones (excluding diaryl/α,β-unsaturated/α-hetero) is 1. The first kappa shape index (κ1) is 26.5. The summed E-state index contributed by atoms with van der Waals surface area (Å²) in [5.41, 5.74) is -3.19. The zero-order valence-electron chi connectivity index (χ0n) is 23.7. The highest BCUT2D eigenvalue weighted by atomic mass is 16.7. The van der Waals surface area contributed by atoms with E-state index in [1.807, 2.05) is 20.8 Å². The monoisotopic (exact) mass is 542 g/mol. The van der Waals surface area contributed by atoms with Crippen LogP contribution in [-0.4, -0.2) is 47.6 Å². The second kappa shape index (κ2) is 7.95. The Kier molecular flexibility index (Phi) is 5.41. The fraction of sp³-hybridized carbons (Fsp3) is 0.733. The molecule has 3 aliphatic carbocycles. The van der Waals surface area contributed by atoms with E-state index in [0.717, 1.165) is 5.56 Å². The van der Waals surface area contributed by atoms with Gasteiger partial charge < -0.3 is 23.4 Å². The first-order valence-corrected chi connectivity index (χ1v) is 13.9. The van der Waals surface area contributed by atoms with Gasteiger partial charge in [-0.05, 0) is 37.7 Å². The largest absolute Gasteiger partial charge is 0.472 e. The van der Waals surface area contributed by atoms with Crippen LogP contribution in [0.1, 0.15) is 85.8 Å². The molecule has 9 nitrogen and oxygen atoms in total. The summed E-state index contributed by atoms with van der Waals surface area (Å²) in [6, 6.07) is 1.80. The van der Waals surface area contributed by atoms with E-state index in [0.29, 0.717) is 19.3 Å². The fourth-order valence-corrected chi connectivity index (χ4v) is 9.92. The third kappa shape index (κ3) is 3.05. The van der Waals surface area contributed by atoms with Crippen LogP contribution in [0.15, 0.2) is 23.0 Å². The number of ketones is 1. The van der Waals surface area contributed by atoms with Gasteiger partial charge in [-0.1, -0.05) is 27.7 Å². The van der Waals surface area contributed by atoms with Gasteiger partial charge in [0.25, 0.3) is 0 Å². The summed E-state index contributed by atoms with van der Waals surface area (Å²) >= 11 is 0. The zero-order valence-corrected chi connectivity index (χ0v) is 23.7. The lowest BCUT2D eigenvalue weighted by Crippen LogP contribution is -2.74. The number of cyclic esters (lactones) is 1. The minimum Gasteiger partial charge on any atom is -0.472 e. The topological polar surface area (TPSA) is 122 Å². The van der Waals surface area contributed by atoms with Gasteiger partial charge in [-0.15, -0.1) is 0 Å². The van der Waals surface area contributed by atoms with E-state index < -0.39 is 69.6 Å². The van der Waals surface area contributed by atoms with Crippen LogP contribution in [0.25, 0.3) is 0 Å². The summed E-state index contributed by atoms with van der Waals surface area (Å²) in [6.45, 7) is 13.0. The Morgan fingerprint density at radius 3 is 2.23 bits per heavy atom. The smallest absolute Gasteiger partial charge is 0.339 e. The van der Waals surface area contributed by atoms with Gasteiger partial charge in [-0.25, -0.2) is 4.79 Å². The molecule has 39 heavy (non-hydrogen) atoms. The average molecular weight is 543 g/mol. The number of esters is 3. The highest BCUT2D eigenvalue weighted by Crippen LogP contribution is 2.79. The number of fused-ring (bicyclic) bond motifs is 3. The molecule has 10 atom stereocenters. The molecule has 2 saturated heterocycles. The molecule has 0 bridgehead atoms. The molecule has 3 saturated carbocycles. The molecule has 1 aromatic heterocycles. The molecule has 9 heteroatoms. The molecule has 2 aliphatic heterocycles. The first-order valence-electron chi connectivity index (χ1n) is 13.9. The summed E-state index contributed by atoms with van der Waals surface area (Å²) in [5.74, 6) is -1.72. The molecule has 0 aromatic carbocycles. The van der Waals surface area contributed by atoms with Crippen molar-refractivity contribution in [2.75, 3.05) is 0 Å². The molecule has 212 valence electrons. The summed E-state index contributed by atoms with van der Waals surface area (Å²) in [7, 11) is 0. The Morgan fingerprint density at radius 2 is 1.62 bits per heavy atom. The maximum absolute atomic E-state index is 14.6. The quantitative estimate of drug-likeness (QED) is 0.312. The number of epoxide rings is 1. The number of carbonyl (C=O) groups is 4. The van der Waals surface area contributed by atoms with Crippen molar-refractivity contribution < 1.29 is 42.5 Å². The SMILES string of the molecule is CC(=O)OC1CC(OC(C)=O)[C@]2(C)C(CC(=O)[C@]3(C)C2CC[C@@]2(C)C(c4ccoc4)OC(=O)C4O[C@@]423)C1(C)C. The third-order valence-electron chi connectivity index (χ3n) is 11.7. The van der Waals surface area contributed by atoms with E-state index in [1.165, 1.54) is 13.8 Å². The normalized spacial score (nSPS) is 47.5. The molecule has 0 amide bonds. The predicted molar refractivity (Wildman–Crippen MR) is 135 cm³/mol. The second-order valence-corrected chi connectivity index (χ2v) is 13.6. The Morgan fingerprint density at radius 1 is 0.949 bits per heavy atom. The number of furan rings is 1. The van der Waals surface area contributed by atoms with Crippen LogP contribution in [0.2, 0.25) is 0 Å². The summed E-state index contributed by atoms with van der Waals surface area (Å²) in [4.78, 5) is 52.3. The van der Waals surface area contributed by atoms with Crippen molar-refractivity contribution in [1.29, 1.82) is 0 Å². The van der Waals surface area contributed by atoms with E-state index in [2.05, 4.69) is 13.8 Å². The number of hydrogen-bond donors (Lipinski definition) is 0. The molecule has 3 heterocycles. The average Bonchev–Trinajstić information content (AvgIpc) is 3.41. The Labute approximate surface area is 228 Å². The summed E-state index contributed by atoms with van der Waals surface area (Å²) < 4.78 is 29.5. The zero-order chi connectivity index (χ0) is 28.3. The van der Waals surface area contributed by atoms with Gasteiger partial charge in [-0.3, -0.25) is 14.4 Å². The van der Waals surface area contributed by atoms with Gasteiger partial charge in [0.1, 0.15) is 29.7 Å². The molecule has 0 radical (unpaired) electrons. The van der Waals surface area contributed by atoms with Crippen LogP contribution >= 0.6 is 0 Å². The number of carbonyl (C=O) groups excluding carboxylic acids is 4. The molecule has 5 aliphatic rings. The summed E-state index contributed by atoms with van der Waals surface area (Å²) in [5, 5.41) is 0. The third-order valence-corrected chi connectivity index (χ3v) is 11.7. The number of rotatable bonds is 3. The molecular formula is C30H38O9. The van der Waals surface area contributed by atoms with Crippen LogP contribution < -0.4 is 0 Å². The fourth-order valence-electron chi connectivity index (χ4n) is 9.92. The minimum atomic E-state index is -1.05. The maximum atomic E-state index is 14.6. The van der Waals surface area contributed by atoms with Gasteiger partial charge in [0.2, 0.25) is 0 Å². The van der Waals surface area contributed by atoms with Gasteiger partial charge in [-0.2, -0.15) is 0 Å². The van der Waals surface area contributed by atoms with Crippen molar-refractivity contribution in [3.63, 3.8) is 0 Å². The van der Waals surface area contributed by atoms with Crippen molar-refractivity contribution in [3.8, 4) is 0 Å². The standard InChI is InChI=1S/C30H38O9/c1-15(31)36-21-13-22(37-16(2)32)28(6)18-8-10-27(5)23(17-9-11-35-14-17)38-25(34)24-30(27,39-24)29(18,7)20(33)12-19(28)26(21,3)4/h9,11,14,18-19,21-24H,8,10,12-13H2,1-7H3/t18?,19?,21?,22?,23?,24?,27-,28-,29-,30-/m0/s1. The molecule has 1 aromatic rings. The Balaban J connectivity index is 1.50. The van der Waals surface area contributed by atoms with Crippen LogP contribution in [0.3, 0.4) is 0 Å². The van der Waals surface area contributed by atoms with E-state index in [-0.39, 0.29) is 24.0 Å². The maximum Gasteiger partial charge on any atom is 0.339 e. The van der Waals surface area contributed by atoms with E-state index in [9.17, 15) is 19.2 Å². The van der Waals surface area contributed by atoms with Crippen LogP contribution in [-0.2, 0) is 38.1 Å². The van der Waals surface area contributed by atoms with Crippen LogP contribution in [0.5, 0.6) is 0 Å². The lowest BCUT2D eigenvalue weighted by atomic mass is 9.34. The van der Waals surface area contributed by atoms with Crippen molar-refractivity contribution >= 4 is 23.7 Å². The Bertz CT molecular complexity index is 1250. The van der Waals surface area contributed by atoms with Crippen molar-refractivity contribution in [3.05, 3.63) is 24.2 Å². The van der Waals surface area contributed by atoms with Gasteiger partial charge >= 0.3 is 17.9 Å². The van der Waals surface area contributed by atoms with E-state index >= 15 is 0 Å². The molecule has 0 N–H and O–H groups in total. The van der Waals surface area contributed by atoms with Crippen molar-refractivity contribution in [2.45, 2.75) is 104 Å². The highest BCUT2D eigenvalue weighted by molar-refractivity contribution is 5.93. The molecule has 6 unspecified atom stereocenters. The van der Waals surface area contributed by atoms with E-state index in [4.69, 9.17) is 23.4 Å². The first-order chi connectivity index (χ1) is 18.2. The lowest BCUT2D eigenvalue weighted by molar-refractivity contribution is -0.259. The van der Waals surface area contributed by atoms with Crippen LogP contribution in [0.4, 0.5) is 0 Å². The minimum absolute atomic E-state index is 0.0298. The second-order valence-electron chi connectivity index (χ2n) is 13.6. The van der Waals surface area contributed by atoms with Crippen molar-refractivity contribution in [2.24, 2.45) is 33.5 Å². The van der Waals surface area contributed by atoms with Gasteiger partial charge in [0.05, 0.1) is 17.9 Å². The number of hydrogen-bond acceptors (Lipinski definition) is 9. The van der Waals surface area contributed by atoms with E-state index in [1.54, 1.807) is 18.6 Å². The van der Waals surface area contributed by atoms with Crippen LogP contribution in [0, 0.1) is 33.5 Å². The van der Waals surface area contributed by atoms with Crippen molar-refractivity contribution in [1.82, 2.24) is 0 Å². The molecule has 5 fully saturated rings. The highest BCUT2D eigenvalue weighted by Gasteiger charge is 2.89. The van der Waals surface area contributed by atoms with Gasteiger partial charge in [0.15, 0.2) is 6.10 Å². The molecular weight excluding hydrogens is 504 g/mol.